The Morgan fingerprint density at radius 1 is 1.17 bits per heavy atom. The average molecular weight is 324 g/mol. The Morgan fingerprint density at radius 3 is 2.52 bits per heavy atom. The van der Waals surface area contributed by atoms with Crippen LogP contribution < -0.4 is 5.43 Å². The van der Waals surface area contributed by atoms with Crippen molar-refractivity contribution in [2.45, 2.75) is 6.92 Å². The van der Waals surface area contributed by atoms with E-state index < -0.39 is 0 Å². The Labute approximate surface area is 142 Å². The quantitative estimate of drug-likeness (QED) is 0.532. The lowest BCUT2D eigenvalue weighted by Crippen LogP contribution is -2.31. The van der Waals surface area contributed by atoms with Crippen molar-refractivity contribution in [2.24, 2.45) is 5.10 Å². The molecule has 0 fully saturated rings. The van der Waals surface area contributed by atoms with Gasteiger partial charge in [-0.1, -0.05) is 42.0 Å². The van der Waals surface area contributed by atoms with Gasteiger partial charge in [0.25, 0.3) is 0 Å². The van der Waals surface area contributed by atoms with Gasteiger partial charge in [0.05, 0.1) is 5.69 Å². The highest BCUT2D eigenvalue weighted by Crippen LogP contribution is 2.07. The third-order valence-electron chi connectivity index (χ3n) is 3.12. The second kappa shape index (κ2) is 8.19. The normalized spacial score (nSPS) is 11.5. The zero-order valence-corrected chi connectivity index (χ0v) is 14.3. The summed E-state index contributed by atoms with van der Waals surface area (Å²) in [6, 6.07) is 14.0. The number of nitrogens with one attached hydrogen (secondary N) is 1. The van der Waals surface area contributed by atoms with E-state index in [1.165, 1.54) is 5.56 Å². The average Bonchev–Trinajstić information content (AvgIpc) is 2.57. The number of nitrogens with zero attached hydrogens (tertiary/aromatic N) is 3. The summed E-state index contributed by atoms with van der Waals surface area (Å²) < 4.78 is 0. The van der Waals surface area contributed by atoms with Gasteiger partial charge in [0.15, 0.2) is 5.11 Å². The number of aryl methyl sites for hydroxylation is 1. The fraction of sp³-hybridized carbons (Fsp3) is 0.167. The van der Waals surface area contributed by atoms with Gasteiger partial charge >= 0.3 is 0 Å². The van der Waals surface area contributed by atoms with Crippen LogP contribution in [0.15, 0.2) is 59.8 Å². The van der Waals surface area contributed by atoms with Crippen LogP contribution in [0.1, 0.15) is 16.8 Å². The summed E-state index contributed by atoms with van der Waals surface area (Å²) in [5.74, 6) is 0. The van der Waals surface area contributed by atoms with Crippen molar-refractivity contribution in [3.05, 3.63) is 71.6 Å². The van der Waals surface area contributed by atoms with E-state index in [0.717, 1.165) is 17.0 Å². The smallest absolute Gasteiger partial charge is 0.189 e. The molecule has 23 heavy (non-hydrogen) atoms. The maximum absolute atomic E-state index is 5.20. The fourth-order valence-electron chi connectivity index (χ4n) is 1.75. The number of hydrazone groups is 1. The molecule has 0 saturated heterocycles. The van der Waals surface area contributed by atoms with Crippen LogP contribution in [0.2, 0.25) is 0 Å². The number of pyridine rings is 1. The standard InChI is InChI=1S/C18H20N4S/c1-14-7-9-15(10-8-14)11-12-17(16-6-4-5-13-19-16)20-21-18(23)22(2)3/h4-13H,1-3H3,(H,21,23)/b12-11+,20-17+. The van der Waals surface area contributed by atoms with Gasteiger partial charge < -0.3 is 4.90 Å². The molecule has 0 spiro atoms. The molecular weight excluding hydrogens is 304 g/mol. The second-order valence-corrected chi connectivity index (χ2v) is 5.65. The SMILES string of the molecule is Cc1ccc(/C=C/C(=N\NC(=S)N(C)C)c2ccccn2)cc1. The van der Waals surface area contributed by atoms with Crippen molar-refractivity contribution in [3.8, 4) is 0 Å². The summed E-state index contributed by atoms with van der Waals surface area (Å²) in [5, 5.41) is 4.93. The molecule has 1 N–H and O–H groups in total. The first-order valence-corrected chi connectivity index (χ1v) is 7.68. The third kappa shape index (κ3) is 5.30. The molecule has 2 rings (SSSR count). The summed E-state index contributed by atoms with van der Waals surface area (Å²) in [4.78, 5) is 6.14. The molecule has 0 aliphatic heterocycles. The summed E-state index contributed by atoms with van der Waals surface area (Å²) in [7, 11) is 3.74. The number of benzene rings is 1. The summed E-state index contributed by atoms with van der Waals surface area (Å²) >= 11 is 5.20. The highest BCUT2D eigenvalue weighted by molar-refractivity contribution is 7.80. The van der Waals surface area contributed by atoms with Gasteiger partial charge in [-0.2, -0.15) is 5.10 Å². The monoisotopic (exact) mass is 324 g/mol. The number of thiocarbonyl (C=S) groups is 1. The minimum Gasteiger partial charge on any atom is -0.354 e. The first-order valence-electron chi connectivity index (χ1n) is 7.27. The lowest BCUT2D eigenvalue weighted by molar-refractivity contribution is 0.606. The van der Waals surface area contributed by atoms with E-state index >= 15 is 0 Å². The van der Waals surface area contributed by atoms with Crippen LogP contribution in [0.25, 0.3) is 6.08 Å². The van der Waals surface area contributed by atoms with E-state index in [2.05, 4.69) is 46.7 Å². The van der Waals surface area contributed by atoms with Gasteiger partial charge in [-0.25, -0.2) is 0 Å². The van der Waals surface area contributed by atoms with Crippen LogP contribution in [0.3, 0.4) is 0 Å². The molecular formula is C18H20N4S. The van der Waals surface area contributed by atoms with Gasteiger partial charge in [0.1, 0.15) is 5.71 Å². The molecule has 0 amide bonds. The van der Waals surface area contributed by atoms with E-state index in [0.29, 0.717) is 5.11 Å². The molecule has 0 aliphatic rings. The zero-order chi connectivity index (χ0) is 16.7. The van der Waals surface area contributed by atoms with Crippen LogP contribution in [-0.2, 0) is 0 Å². The molecule has 0 saturated carbocycles. The van der Waals surface area contributed by atoms with E-state index in [-0.39, 0.29) is 0 Å². The molecule has 1 heterocycles. The van der Waals surface area contributed by atoms with E-state index in [1.54, 1.807) is 11.1 Å². The van der Waals surface area contributed by atoms with Gasteiger partial charge in [0.2, 0.25) is 0 Å². The fourth-order valence-corrected chi connectivity index (χ4v) is 1.80. The molecule has 0 radical (unpaired) electrons. The zero-order valence-electron chi connectivity index (χ0n) is 13.5. The maximum atomic E-state index is 5.20. The number of rotatable bonds is 4. The molecule has 0 unspecified atom stereocenters. The minimum atomic E-state index is 0.544. The van der Waals surface area contributed by atoms with Crippen LogP contribution in [0.5, 0.6) is 0 Å². The van der Waals surface area contributed by atoms with Crippen molar-refractivity contribution in [3.63, 3.8) is 0 Å². The van der Waals surface area contributed by atoms with Crippen LogP contribution >= 0.6 is 12.2 Å². The molecule has 118 valence electrons. The van der Waals surface area contributed by atoms with E-state index in [1.807, 2.05) is 44.4 Å². The lowest BCUT2D eigenvalue weighted by atomic mass is 10.1. The Balaban J connectivity index is 2.25. The largest absolute Gasteiger partial charge is 0.354 e. The van der Waals surface area contributed by atoms with Gasteiger partial charge in [-0.05, 0) is 42.9 Å². The Bertz CT molecular complexity index is 704. The molecule has 0 aliphatic carbocycles. The second-order valence-electron chi connectivity index (χ2n) is 5.27. The molecule has 1 aromatic heterocycles. The summed E-state index contributed by atoms with van der Waals surface area (Å²) in [5.41, 5.74) is 6.72. The predicted molar refractivity (Wildman–Crippen MR) is 100 cm³/mol. The van der Waals surface area contributed by atoms with Gasteiger partial charge in [0, 0.05) is 20.3 Å². The van der Waals surface area contributed by atoms with Gasteiger partial charge in [-0.3, -0.25) is 10.4 Å². The maximum Gasteiger partial charge on any atom is 0.189 e. The van der Waals surface area contributed by atoms with E-state index in [4.69, 9.17) is 12.2 Å². The Kier molecular flexibility index (Phi) is 6.00. The van der Waals surface area contributed by atoms with Crippen molar-refractivity contribution >= 4 is 29.1 Å². The predicted octanol–water partition coefficient (Wildman–Crippen LogP) is 3.24. The molecule has 2 aromatic rings. The summed E-state index contributed by atoms with van der Waals surface area (Å²) in [6.45, 7) is 2.07. The Morgan fingerprint density at radius 2 is 1.91 bits per heavy atom. The highest BCUT2D eigenvalue weighted by Gasteiger charge is 2.02. The number of hydrogen-bond donors (Lipinski definition) is 1. The van der Waals surface area contributed by atoms with Crippen molar-refractivity contribution in [2.75, 3.05) is 14.1 Å². The number of allylic oxidation sites excluding steroid dienone is 1. The van der Waals surface area contributed by atoms with Crippen molar-refractivity contribution in [1.82, 2.24) is 15.3 Å². The highest BCUT2D eigenvalue weighted by atomic mass is 32.1. The van der Waals surface area contributed by atoms with Crippen molar-refractivity contribution < 1.29 is 0 Å². The van der Waals surface area contributed by atoms with Crippen molar-refractivity contribution in [1.29, 1.82) is 0 Å². The van der Waals surface area contributed by atoms with E-state index in [9.17, 15) is 0 Å². The minimum absolute atomic E-state index is 0.544. The number of aromatic nitrogens is 1. The van der Waals surface area contributed by atoms with Gasteiger partial charge in [-0.15, -0.1) is 0 Å². The van der Waals surface area contributed by atoms with Crippen LogP contribution in [0.4, 0.5) is 0 Å². The molecule has 5 heteroatoms. The lowest BCUT2D eigenvalue weighted by Gasteiger charge is -2.12. The van der Waals surface area contributed by atoms with Crippen LogP contribution in [-0.4, -0.2) is 34.8 Å². The Hall–Kier alpha value is -2.53. The first-order chi connectivity index (χ1) is 11.1. The summed E-state index contributed by atoms with van der Waals surface area (Å²) in [6.07, 6.45) is 5.68. The third-order valence-corrected chi connectivity index (χ3v) is 3.57. The first kappa shape index (κ1) is 16.8. The molecule has 1 aromatic carbocycles. The molecule has 0 bridgehead atoms. The molecule has 4 nitrogen and oxygen atoms in total. The number of hydrogen-bond acceptors (Lipinski definition) is 3. The topological polar surface area (TPSA) is 40.5 Å². The van der Waals surface area contributed by atoms with Crippen LogP contribution in [0, 0.1) is 6.92 Å². The molecule has 0 atom stereocenters.